The molecule has 5 nitrogen and oxygen atoms in total. The number of hydrogen-bond acceptors (Lipinski definition) is 4. The minimum Gasteiger partial charge on any atom is -0.481 e. The van der Waals surface area contributed by atoms with E-state index in [9.17, 15) is 4.79 Å². The largest absolute Gasteiger partial charge is 0.481 e. The topological polar surface area (TPSA) is 56.8 Å². The van der Waals surface area contributed by atoms with Crippen LogP contribution in [0.2, 0.25) is 0 Å². The molecule has 0 radical (unpaired) electrons. The van der Waals surface area contributed by atoms with Gasteiger partial charge in [0.1, 0.15) is 5.75 Å². The number of ether oxygens (including phenoxy) is 3. The van der Waals surface area contributed by atoms with Crippen LogP contribution in [-0.4, -0.2) is 18.8 Å². The zero-order valence-electron chi connectivity index (χ0n) is 16.4. The standard InChI is InChI=1S/C22H27NO4/c1-5-18(27-17-9-7-16(8-10-17)22(2,3)4)21(24)23-13-15-6-11-19-20(12-15)26-14-25-19/h6-12,18H,5,13-14H2,1-4H3,(H,23,24)/t18-/m0/s1. The highest BCUT2D eigenvalue weighted by Crippen LogP contribution is 2.32. The Morgan fingerprint density at radius 1 is 1.11 bits per heavy atom. The lowest BCUT2D eigenvalue weighted by Crippen LogP contribution is -2.37. The van der Waals surface area contributed by atoms with E-state index < -0.39 is 6.10 Å². The molecule has 1 N–H and O–H groups in total. The molecule has 3 rings (SSSR count). The van der Waals surface area contributed by atoms with Crippen LogP contribution in [0.25, 0.3) is 0 Å². The summed E-state index contributed by atoms with van der Waals surface area (Å²) in [6.45, 7) is 9.10. The molecule has 0 aromatic heterocycles. The van der Waals surface area contributed by atoms with Crippen molar-refractivity contribution in [2.24, 2.45) is 0 Å². The predicted molar refractivity (Wildman–Crippen MR) is 104 cm³/mol. The van der Waals surface area contributed by atoms with E-state index in [0.717, 1.165) is 11.3 Å². The molecule has 0 bridgehead atoms. The highest BCUT2D eigenvalue weighted by molar-refractivity contribution is 5.81. The van der Waals surface area contributed by atoms with Crippen molar-refractivity contribution in [3.8, 4) is 17.2 Å². The van der Waals surface area contributed by atoms with Gasteiger partial charge in [0.15, 0.2) is 17.6 Å². The number of benzene rings is 2. The summed E-state index contributed by atoms with van der Waals surface area (Å²) in [4.78, 5) is 12.5. The predicted octanol–water partition coefficient (Wildman–Crippen LogP) is 4.19. The second-order valence-corrected chi connectivity index (χ2v) is 7.69. The van der Waals surface area contributed by atoms with E-state index in [1.54, 1.807) is 0 Å². The molecule has 0 spiro atoms. The maximum atomic E-state index is 12.5. The van der Waals surface area contributed by atoms with E-state index in [-0.39, 0.29) is 18.1 Å². The summed E-state index contributed by atoms with van der Waals surface area (Å²) < 4.78 is 16.6. The van der Waals surface area contributed by atoms with E-state index in [1.165, 1.54) is 5.56 Å². The number of nitrogens with one attached hydrogen (secondary N) is 1. The van der Waals surface area contributed by atoms with Gasteiger partial charge < -0.3 is 19.5 Å². The van der Waals surface area contributed by atoms with Crippen LogP contribution in [0.15, 0.2) is 42.5 Å². The van der Waals surface area contributed by atoms with Crippen molar-refractivity contribution >= 4 is 5.91 Å². The van der Waals surface area contributed by atoms with Gasteiger partial charge in [-0.3, -0.25) is 4.79 Å². The summed E-state index contributed by atoms with van der Waals surface area (Å²) in [5.41, 5.74) is 2.28. The number of fused-ring (bicyclic) bond motifs is 1. The lowest BCUT2D eigenvalue weighted by molar-refractivity contribution is -0.128. The first-order chi connectivity index (χ1) is 12.9. The monoisotopic (exact) mass is 369 g/mol. The summed E-state index contributed by atoms with van der Waals surface area (Å²) in [6, 6.07) is 13.6. The number of carbonyl (C=O) groups is 1. The molecule has 0 fully saturated rings. The smallest absolute Gasteiger partial charge is 0.261 e. The van der Waals surface area contributed by atoms with Crippen LogP contribution in [0.5, 0.6) is 17.2 Å². The highest BCUT2D eigenvalue weighted by Gasteiger charge is 2.20. The van der Waals surface area contributed by atoms with Gasteiger partial charge >= 0.3 is 0 Å². The van der Waals surface area contributed by atoms with Gasteiger partial charge in [0, 0.05) is 6.54 Å². The van der Waals surface area contributed by atoms with Crippen LogP contribution < -0.4 is 19.5 Å². The zero-order valence-corrected chi connectivity index (χ0v) is 16.4. The normalized spacial score (nSPS) is 13.9. The molecule has 27 heavy (non-hydrogen) atoms. The van der Waals surface area contributed by atoms with Gasteiger partial charge in [-0.25, -0.2) is 0 Å². The van der Waals surface area contributed by atoms with Crippen LogP contribution in [0.1, 0.15) is 45.2 Å². The molecule has 0 saturated carbocycles. The van der Waals surface area contributed by atoms with Crippen molar-refractivity contribution in [3.63, 3.8) is 0 Å². The third kappa shape index (κ3) is 4.73. The van der Waals surface area contributed by atoms with Gasteiger partial charge in [-0.1, -0.05) is 45.9 Å². The fourth-order valence-electron chi connectivity index (χ4n) is 2.87. The van der Waals surface area contributed by atoms with Crippen molar-refractivity contribution in [1.29, 1.82) is 0 Å². The summed E-state index contributed by atoms with van der Waals surface area (Å²) in [5, 5.41) is 2.94. The summed E-state index contributed by atoms with van der Waals surface area (Å²) >= 11 is 0. The Labute approximate surface area is 160 Å². The molecule has 0 saturated heterocycles. The van der Waals surface area contributed by atoms with Crippen LogP contribution in [0.3, 0.4) is 0 Å². The third-order valence-electron chi connectivity index (χ3n) is 4.57. The molecule has 1 aliphatic heterocycles. The Morgan fingerprint density at radius 3 is 2.48 bits per heavy atom. The Balaban J connectivity index is 1.57. The molecule has 144 valence electrons. The summed E-state index contributed by atoms with van der Waals surface area (Å²) in [6.07, 6.45) is 0.0630. The van der Waals surface area contributed by atoms with Gasteiger partial charge in [0.05, 0.1) is 0 Å². The molecule has 1 heterocycles. The quantitative estimate of drug-likeness (QED) is 0.830. The SMILES string of the molecule is CC[C@H](Oc1ccc(C(C)(C)C)cc1)C(=O)NCc1ccc2c(c1)OCO2. The molecule has 1 atom stereocenters. The minimum atomic E-state index is -0.528. The summed E-state index contributed by atoms with van der Waals surface area (Å²) in [5.74, 6) is 2.02. The average Bonchev–Trinajstić information content (AvgIpc) is 3.11. The molecule has 5 heteroatoms. The second-order valence-electron chi connectivity index (χ2n) is 7.69. The Hall–Kier alpha value is -2.69. The molecular weight excluding hydrogens is 342 g/mol. The first kappa shape index (κ1) is 19.1. The zero-order chi connectivity index (χ0) is 19.4. The van der Waals surface area contributed by atoms with Crippen molar-refractivity contribution in [3.05, 3.63) is 53.6 Å². The van der Waals surface area contributed by atoms with E-state index in [4.69, 9.17) is 14.2 Å². The van der Waals surface area contributed by atoms with Crippen LogP contribution in [0.4, 0.5) is 0 Å². The van der Waals surface area contributed by atoms with Crippen molar-refractivity contribution < 1.29 is 19.0 Å². The van der Waals surface area contributed by atoms with Gasteiger partial charge in [0.25, 0.3) is 5.91 Å². The van der Waals surface area contributed by atoms with Gasteiger partial charge in [0.2, 0.25) is 6.79 Å². The molecule has 1 amide bonds. The number of amides is 1. The van der Waals surface area contributed by atoms with Gasteiger partial charge in [-0.2, -0.15) is 0 Å². The Kier molecular flexibility index (Phi) is 5.59. The first-order valence-corrected chi connectivity index (χ1v) is 9.30. The van der Waals surface area contributed by atoms with Crippen molar-refractivity contribution in [2.45, 2.75) is 52.2 Å². The van der Waals surface area contributed by atoms with E-state index >= 15 is 0 Å². The lowest BCUT2D eigenvalue weighted by Gasteiger charge is -2.21. The number of rotatable bonds is 6. The van der Waals surface area contributed by atoms with E-state index in [2.05, 4.69) is 26.1 Å². The van der Waals surface area contributed by atoms with E-state index in [1.807, 2.05) is 49.4 Å². The average molecular weight is 369 g/mol. The number of carbonyl (C=O) groups excluding carboxylic acids is 1. The van der Waals surface area contributed by atoms with E-state index in [0.29, 0.717) is 24.5 Å². The van der Waals surface area contributed by atoms with Crippen molar-refractivity contribution in [1.82, 2.24) is 5.32 Å². The maximum absolute atomic E-state index is 12.5. The van der Waals surface area contributed by atoms with Crippen LogP contribution >= 0.6 is 0 Å². The minimum absolute atomic E-state index is 0.0880. The van der Waals surface area contributed by atoms with Crippen molar-refractivity contribution in [2.75, 3.05) is 6.79 Å². The number of hydrogen-bond donors (Lipinski definition) is 1. The Bertz CT molecular complexity index is 793. The molecule has 0 unspecified atom stereocenters. The fourth-order valence-corrected chi connectivity index (χ4v) is 2.87. The van der Waals surface area contributed by atoms with Crippen LogP contribution in [-0.2, 0) is 16.8 Å². The third-order valence-corrected chi connectivity index (χ3v) is 4.57. The van der Waals surface area contributed by atoms with Gasteiger partial charge in [-0.05, 0) is 47.2 Å². The molecule has 0 aliphatic carbocycles. The van der Waals surface area contributed by atoms with Gasteiger partial charge in [-0.15, -0.1) is 0 Å². The fraction of sp³-hybridized carbons (Fsp3) is 0.409. The molecule has 2 aromatic rings. The summed E-state index contributed by atoms with van der Waals surface area (Å²) in [7, 11) is 0. The molecular formula is C22H27NO4. The first-order valence-electron chi connectivity index (χ1n) is 9.30. The molecule has 1 aliphatic rings. The Morgan fingerprint density at radius 2 is 1.81 bits per heavy atom. The van der Waals surface area contributed by atoms with Crippen LogP contribution in [0, 0.1) is 0 Å². The lowest BCUT2D eigenvalue weighted by atomic mass is 9.87. The maximum Gasteiger partial charge on any atom is 0.261 e. The highest BCUT2D eigenvalue weighted by atomic mass is 16.7. The second kappa shape index (κ2) is 7.91. The molecule has 2 aromatic carbocycles.